The van der Waals surface area contributed by atoms with E-state index in [4.69, 9.17) is 0 Å². The van der Waals surface area contributed by atoms with Crippen molar-refractivity contribution in [2.45, 2.75) is 19.1 Å². The van der Waals surface area contributed by atoms with Crippen molar-refractivity contribution in [2.75, 3.05) is 32.0 Å². The fourth-order valence-electron chi connectivity index (χ4n) is 5.82. The molecule has 10 nitrogen and oxygen atoms in total. The SMILES string of the molecule is CCNC(=O)Nc1cc(-c2nc(C(F)(F)F)cs2)c(-c2ccc3c(c2)c(=O)c(C(=O)O)cn3C2C3CN(C)CC32)cn1. The minimum Gasteiger partial charge on any atom is -0.477 e. The molecule has 1 aliphatic heterocycles. The van der Waals surface area contributed by atoms with Crippen molar-refractivity contribution in [3.8, 4) is 21.7 Å². The van der Waals surface area contributed by atoms with Crippen LogP contribution in [0.5, 0.6) is 0 Å². The Kier molecular flexibility index (Phi) is 6.77. The van der Waals surface area contributed by atoms with Crippen LogP contribution in [0.4, 0.5) is 23.8 Å². The van der Waals surface area contributed by atoms with Gasteiger partial charge in [-0.05, 0) is 49.6 Å². The van der Waals surface area contributed by atoms with E-state index in [-0.39, 0.29) is 33.4 Å². The van der Waals surface area contributed by atoms with Crippen molar-refractivity contribution >= 4 is 40.1 Å². The van der Waals surface area contributed by atoms with E-state index in [1.54, 1.807) is 25.1 Å². The average molecular weight is 599 g/mol. The largest absolute Gasteiger partial charge is 0.477 e. The second-order valence-electron chi connectivity index (χ2n) is 10.5. The number of fused-ring (bicyclic) bond motifs is 2. The highest BCUT2D eigenvalue weighted by Gasteiger charge is 2.56. The van der Waals surface area contributed by atoms with Crippen molar-refractivity contribution in [1.29, 1.82) is 0 Å². The highest BCUT2D eigenvalue weighted by Crippen LogP contribution is 2.55. The fourth-order valence-corrected chi connectivity index (χ4v) is 6.68. The first-order valence-corrected chi connectivity index (χ1v) is 14.0. The number of rotatable bonds is 6. The van der Waals surface area contributed by atoms with Gasteiger partial charge in [0.05, 0.1) is 5.52 Å². The third-order valence-corrected chi connectivity index (χ3v) is 8.61. The van der Waals surface area contributed by atoms with Gasteiger partial charge in [-0.2, -0.15) is 13.2 Å². The van der Waals surface area contributed by atoms with E-state index in [0.717, 1.165) is 29.8 Å². The number of aromatic nitrogens is 3. The maximum absolute atomic E-state index is 13.4. The molecule has 4 heterocycles. The summed E-state index contributed by atoms with van der Waals surface area (Å²) in [5, 5.41) is 16.0. The Labute approximate surface area is 240 Å². The number of nitrogens with zero attached hydrogens (tertiary/aromatic N) is 4. The van der Waals surface area contributed by atoms with Crippen LogP contribution < -0.4 is 16.1 Å². The molecular weight excluding hydrogens is 573 g/mol. The van der Waals surface area contributed by atoms with E-state index in [2.05, 4.69) is 25.5 Å². The van der Waals surface area contributed by atoms with Crippen molar-refractivity contribution in [2.24, 2.45) is 11.8 Å². The van der Waals surface area contributed by atoms with Crippen molar-refractivity contribution in [3.05, 3.63) is 63.5 Å². The summed E-state index contributed by atoms with van der Waals surface area (Å²) in [6, 6.07) is 5.94. The molecule has 4 aromatic rings. The Hall–Kier alpha value is -4.30. The zero-order valence-electron chi connectivity index (χ0n) is 22.4. The Morgan fingerprint density at radius 3 is 2.55 bits per heavy atom. The van der Waals surface area contributed by atoms with Crippen LogP contribution in [0.1, 0.15) is 29.0 Å². The number of thiazole rings is 1. The number of likely N-dealkylation sites (tertiary alicyclic amines) is 1. The maximum atomic E-state index is 13.4. The number of benzene rings is 1. The van der Waals surface area contributed by atoms with E-state index >= 15 is 0 Å². The molecule has 2 aliphatic rings. The number of hydrogen-bond acceptors (Lipinski definition) is 7. The highest BCUT2D eigenvalue weighted by atomic mass is 32.1. The summed E-state index contributed by atoms with van der Waals surface area (Å²) in [6.45, 7) is 3.84. The Balaban J connectivity index is 1.49. The van der Waals surface area contributed by atoms with Crippen LogP contribution in [-0.2, 0) is 6.18 Å². The number of carboxylic acids is 1. The lowest BCUT2D eigenvalue weighted by molar-refractivity contribution is -0.140. The van der Waals surface area contributed by atoms with Gasteiger partial charge < -0.3 is 19.9 Å². The average Bonchev–Trinajstić information content (AvgIpc) is 3.26. The van der Waals surface area contributed by atoms with Crippen molar-refractivity contribution in [3.63, 3.8) is 0 Å². The summed E-state index contributed by atoms with van der Waals surface area (Å²) < 4.78 is 42.1. The molecule has 2 atom stereocenters. The maximum Gasteiger partial charge on any atom is 0.434 e. The minimum atomic E-state index is -4.65. The van der Waals surface area contributed by atoms with Gasteiger partial charge in [0.2, 0.25) is 5.43 Å². The number of carbonyl (C=O) groups is 2. The van der Waals surface area contributed by atoms with Gasteiger partial charge >= 0.3 is 18.2 Å². The van der Waals surface area contributed by atoms with E-state index < -0.39 is 29.3 Å². The molecule has 0 bridgehead atoms. The molecule has 2 amide bonds. The first kappa shape index (κ1) is 27.8. The van der Waals surface area contributed by atoms with Gasteiger partial charge in [0.1, 0.15) is 16.4 Å². The number of anilines is 1. The van der Waals surface area contributed by atoms with Gasteiger partial charge in [-0.3, -0.25) is 10.1 Å². The van der Waals surface area contributed by atoms with Gasteiger partial charge in [0.25, 0.3) is 0 Å². The predicted octanol–water partition coefficient (Wildman–Crippen LogP) is 4.78. The minimum absolute atomic E-state index is 0.0328. The summed E-state index contributed by atoms with van der Waals surface area (Å²) >= 11 is 0.779. The van der Waals surface area contributed by atoms with Crippen LogP contribution in [0.3, 0.4) is 0 Å². The molecule has 218 valence electrons. The molecule has 6 rings (SSSR count). The number of piperidine rings is 1. The molecule has 1 aromatic carbocycles. The molecule has 3 N–H and O–H groups in total. The van der Waals surface area contributed by atoms with Crippen LogP contribution in [0, 0.1) is 11.8 Å². The lowest BCUT2D eigenvalue weighted by Crippen LogP contribution is -2.28. The number of amides is 2. The summed E-state index contributed by atoms with van der Waals surface area (Å²) in [7, 11) is 2.03. The molecule has 0 spiro atoms. The van der Waals surface area contributed by atoms with Gasteiger partial charge in [0, 0.05) is 60.0 Å². The van der Waals surface area contributed by atoms with Gasteiger partial charge in [-0.1, -0.05) is 6.07 Å². The third kappa shape index (κ3) is 4.90. The molecule has 1 aliphatic carbocycles. The molecule has 0 radical (unpaired) electrons. The van der Waals surface area contributed by atoms with Crippen LogP contribution in [0.15, 0.2) is 46.8 Å². The summed E-state index contributed by atoms with van der Waals surface area (Å²) in [5.41, 5.74) is -0.446. The quantitative estimate of drug-likeness (QED) is 0.291. The summed E-state index contributed by atoms with van der Waals surface area (Å²) in [6.07, 6.45) is -1.85. The van der Waals surface area contributed by atoms with E-state index in [1.165, 1.54) is 18.5 Å². The first-order chi connectivity index (χ1) is 20.0. The number of halogens is 3. The molecule has 2 fully saturated rings. The number of hydrogen-bond donors (Lipinski definition) is 3. The normalized spacial score (nSPS) is 20.0. The zero-order chi connectivity index (χ0) is 29.9. The third-order valence-electron chi connectivity index (χ3n) is 7.73. The van der Waals surface area contributed by atoms with Crippen molar-refractivity contribution in [1.82, 2.24) is 24.8 Å². The second kappa shape index (κ2) is 10.2. The number of pyridine rings is 2. The monoisotopic (exact) mass is 598 g/mol. The number of carboxylic acid groups (broad SMARTS) is 1. The second-order valence-corrected chi connectivity index (χ2v) is 11.3. The van der Waals surface area contributed by atoms with Crippen LogP contribution in [-0.4, -0.2) is 63.2 Å². The Bertz CT molecular complexity index is 1790. The molecule has 14 heteroatoms. The zero-order valence-corrected chi connectivity index (χ0v) is 23.2. The molecule has 1 saturated carbocycles. The van der Waals surface area contributed by atoms with E-state index in [1.807, 2.05) is 11.6 Å². The highest BCUT2D eigenvalue weighted by molar-refractivity contribution is 7.13. The molecule has 2 unspecified atom stereocenters. The number of nitrogens with one attached hydrogen (secondary N) is 2. The number of carbonyl (C=O) groups excluding carboxylic acids is 1. The predicted molar refractivity (Wildman–Crippen MR) is 151 cm³/mol. The fraction of sp³-hybridized carbons (Fsp3) is 0.321. The Morgan fingerprint density at radius 2 is 1.90 bits per heavy atom. The van der Waals surface area contributed by atoms with E-state index in [0.29, 0.717) is 35.0 Å². The topological polar surface area (TPSA) is 129 Å². The standard InChI is InChI=1S/C28H25F3N6O4S/c1-3-32-27(41)35-22-7-14(25-34-21(12-42-25)28(29,30)31)16(8-33-22)13-4-5-20-15(6-13)24(38)19(26(39)40)11-37(20)23-17-9-36(2)10-18(17)23/h4-8,11-12,17-18,23H,3,9-10H2,1-2H3,(H,39,40)(H2,32,33,35,41). The van der Waals surface area contributed by atoms with Crippen LogP contribution >= 0.6 is 11.3 Å². The summed E-state index contributed by atoms with van der Waals surface area (Å²) in [5.74, 6) is -0.536. The van der Waals surface area contributed by atoms with Gasteiger partial charge in [0.15, 0.2) is 5.69 Å². The van der Waals surface area contributed by atoms with Gasteiger partial charge in [-0.25, -0.2) is 19.6 Å². The summed E-state index contributed by atoms with van der Waals surface area (Å²) in [4.78, 5) is 47.7. The van der Waals surface area contributed by atoms with Crippen LogP contribution in [0.2, 0.25) is 0 Å². The Morgan fingerprint density at radius 1 is 1.17 bits per heavy atom. The van der Waals surface area contributed by atoms with Gasteiger partial charge in [-0.15, -0.1) is 11.3 Å². The number of urea groups is 1. The molecule has 1 saturated heterocycles. The van der Waals surface area contributed by atoms with Crippen molar-refractivity contribution < 1.29 is 27.9 Å². The molecule has 3 aromatic heterocycles. The molecule has 42 heavy (non-hydrogen) atoms. The first-order valence-electron chi connectivity index (χ1n) is 13.2. The van der Waals surface area contributed by atoms with E-state index in [9.17, 15) is 32.7 Å². The lowest BCUT2D eigenvalue weighted by Gasteiger charge is -2.18. The molecular formula is C28H25F3N6O4S. The smallest absolute Gasteiger partial charge is 0.434 e. The number of aromatic carboxylic acids is 1. The lowest BCUT2D eigenvalue weighted by atomic mass is 9.99. The number of alkyl halides is 3. The van der Waals surface area contributed by atoms with Crippen LogP contribution in [0.25, 0.3) is 32.6 Å².